The van der Waals surface area contributed by atoms with Gasteiger partial charge in [0.15, 0.2) is 5.13 Å². The molecular weight excluding hydrogens is 390 g/mol. The second-order valence-corrected chi connectivity index (χ2v) is 7.72. The fourth-order valence-electron chi connectivity index (χ4n) is 2.65. The van der Waals surface area contributed by atoms with Crippen LogP contribution in [0.5, 0.6) is 5.75 Å². The number of carbonyl (C=O) groups excluding carboxylic acids is 1. The van der Waals surface area contributed by atoms with E-state index >= 15 is 0 Å². The van der Waals surface area contributed by atoms with Crippen molar-refractivity contribution in [3.05, 3.63) is 71.1 Å². The Labute approximate surface area is 170 Å². The standard InChI is InChI=1S/C21H17N3O2S2/c1-26-17-9-7-14(8-10-17)18-13-28-21(23-18)24-19(25)11-16-12-27-20(22-16)15-5-3-2-4-6-15/h2-10,12-13H,11H2,1H3,(H,23,24,25). The Bertz CT molecular complexity index is 1070. The number of hydrogen-bond donors (Lipinski definition) is 1. The Morgan fingerprint density at radius 2 is 1.75 bits per heavy atom. The van der Waals surface area contributed by atoms with Gasteiger partial charge in [0.05, 0.1) is 24.9 Å². The number of hydrogen-bond acceptors (Lipinski definition) is 6. The first-order valence-electron chi connectivity index (χ1n) is 8.61. The quantitative estimate of drug-likeness (QED) is 0.482. The number of aromatic nitrogens is 2. The summed E-state index contributed by atoms with van der Waals surface area (Å²) < 4.78 is 5.17. The highest BCUT2D eigenvalue weighted by Gasteiger charge is 2.12. The molecule has 5 nitrogen and oxygen atoms in total. The van der Waals surface area contributed by atoms with Crippen LogP contribution in [0.25, 0.3) is 21.8 Å². The van der Waals surface area contributed by atoms with Gasteiger partial charge < -0.3 is 10.1 Å². The number of nitrogens with zero attached hydrogens (tertiary/aromatic N) is 2. The van der Waals surface area contributed by atoms with Crippen molar-refractivity contribution in [2.24, 2.45) is 0 Å². The summed E-state index contributed by atoms with van der Waals surface area (Å²) >= 11 is 2.94. The summed E-state index contributed by atoms with van der Waals surface area (Å²) in [4.78, 5) is 21.4. The van der Waals surface area contributed by atoms with Crippen molar-refractivity contribution in [1.82, 2.24) is 9.97 Å². The molecule has 28 heavy (non-hydrogen) atoms. The van der Waals surface area contributed by atoms with E-state index in [1.54, 1.807) is 18.4 Å². The van der Waals surface area contributed by atoms with Crippen molar-refractivity contribution in [2.45, 2.75) is 6.42 Å². The molecule has 0 aliphatic carbocycles. The van der Waals surface area contributed by atoms with Gasteiger partial charge in [-0.2, -0.15) is 0 Å². The average Bonchev–Trinajstić information content (AvgIpc) is 3.38. The van der Waals surface area contributed by atoms with Crippen LogP contribution in [-0.2, 0) is 11.2 Å². The lowest BCUT2D eigenvalue weighted by Crippen LogP contribution is -2.14. The molecule has 0 saturated heterocycles. The van der Waals surface area contributed by atoms with E-state index in [4.69, 9.17) is 4.74 Å². The molecule has 0 aliphatic heterocycles. The minimum absolute atomic E-state index is 0.124. The molecule has 0 unspecified atom stereocenters. The summed E-state index contributed by atoms with van der Waals surface area (Å²) in [6.07, 6.45) is 0.223. The number of rotatable bonds is 6. The van der Waals surface area contributed by atoms with Gasteiger partial charge in [0.1, 0.15) is 10.8 Å². The lowest BCUT2D eigenvalue weighted by Gasteiger charge is -2.01. The van der Waals surface area contributed by atoms with Crippen molar-refractivity contribution in [2.75, 3.05) is 12.4 Å². The minimum atomic E-state index is -0.124. The second kappa shape index (κ2) is 8.33. The molecule has 0 atom stereocenters. The van der Waals surface area contributed by atoms with Crippen LogP contribution in [0.1, 0.15) is 5.69 Å². The topological polar surface area (TPSA) is 64.1 Å². The lowest BCUT2D eigenvalue weighted by atomic mass is 10.2. The number of nitrogens with one attached hydrogen (secondary N) is 1. The molecule has 0 saturated carbocycles. The number of carbonyl (C=O) groups is 1. The highest BCUT2D eigenvalue weighted by atomic mass is 32.1. The van der Waals surface area contributed by atoms with Crippen LogP contribution in [0.3, 0.4) is 0 Å². The zero-order chi connectivity index (χ0) is 19.3. The highest BCUT2D eigenvalue weighted by molar-refractivity contribution is 7.14. The highest BCUT2D eigenvalue weighted by Crippen LogP contribution is 2.27. The predicted octanol–water partition coefficient (Wildman–Crippen LogP) is 5.12. The summed E-state index contributed by atoms with van der Waals surface area (Å²) in [7, 11) is 1.64. The maximum absolute atomic E-state index is 12.4. The van der Waals surface area contributed by atoms with Crippen LogP contribution in [0.2, 0.25) is 0 Å². The number of benzene rings is 2. The van der Waals surface area contributed by atoms with Gasteiger partial charge >= 0.3 is 0 Å². The maximum atomic E-state index is 12.4. The van der Waals surface area contributed by atoms with Gasteiger partial charge in [0, 0.05) is 21.9 Å². The number of methoxy groups -OCH3 is 1. The summed E-state index contributed by atoms with van der Waals surface area (Å²) in [5.74, 6) is 0.672. The first-order valence-corrected chi connectivity index (χ1v) is 10.4. The molecule has 0 spiro atoms. The Kier molecular flexibility index (Phi) is 5.45. The molecule has 1 N–H and O–H groups in total. The van der Waals surface area contributed by atoms with Crippen molar-refractivity contribution in [3.63, 3.8) is 0 Å². The van der Waals surface area contributed by atoms with Crippen LogP contribution in [-0.4, -0.2) is 23.0 Å². The van der Waals surface area contributed by atoms with E-state index in [1.807, 2.05) is 65.4 Å². The van der Waals surface area contributed by atoms with E-state index in [0.29, 0.717) is 5.13 Å². The van der Waals surface area contributed by atoms with Crippen LogP contribution >= 0.6 is 22.7 Å². The minimum Gasteiger partial charge on any atom is -0.497 e. The van der Waals surface area contributed by atoms with E-state index in [2.05, 4.69) is 15.3 Å². The first-order chi connectivity index (χ1) is 13.7. The van der Waals surface area contributed by atoms with Gasteiger partial charge in [-0.1, -0.05) is 30.3 Å². The molecule has 0 fully saturated rings. The molecule has 0 radical (unpaired) electrons. The van der Waals surface area contributed by atoms with E-state index in [0.717, 1.165) is 33.3 Å². The lowest BCUT2D eigenvalue weighted by molar-refractivity contribution is -0.115. The van der Waals surface area contributed by atoms with E-state index in [-0.39, 0.29) is 12.3 Å². The third kappa shape index (κ3) is 4.27. The monoisotopic (exact) mass is 407 g/mol. The number of amides is 1. The third-order valence-electron chi connectivity index (χ3n) is 4.05. The van der Waals surface area contributed by atoms with Crippen LogP contribution < -0.4 is 10.1 Å². The molecule has 4 aromatic rings. The van der Waals surface area contributed by atoms with Crippen molar-refractivity contribution >= 4 is 33.7 Å². The fourth-order valence-corrected chi connectivity index (χ4v) is 4.22. The molecule has 140 valence electrons. The van der Waals surface area contributed by atoms with Gasteiger partial charge in [0.2, 0.25) is 5.91 Å². The van der Waals surface area contributed by atoms with Crippen LogP contribution in [0.15, 0.2) is 65.4 Å². The van der Waals surface area contributed by atoms with E-state index in [1.165, 1.54) is 11.3 Å². The Hall–Kier alpha value is -3.03. The average molecular weight is 408 g/mol. The molecule has 0 bridgehead atoms. The fraction of sp³-hybridized carbons (Fsp3) is 0.0952. The predicted molar refractivity (Wildman–Crippen MR) is 114 cm³/mol. The SMILES string of the molecule is COc1ccc(-c2csc(NC(=O)Cc3csc(-c4ccccc4)n3)n2)cc1. The van der Waals surface area contributed by atoms with Crippen molar-refractivity contribution in [1.29, 1.82) is 0 Å². The molecule has 7 heteroatoms. The summed E-state index contributed by atoms with van der Waals surface area (Å²) in [5.41, 5.74) is 3.61. The zero-order valence-electron chi connectivity index (χ0n) is 15.1. The number of ether oxygens (including phenoxy) is 1. The largest absolute Gasteiger partial charge is 0.497 e. The van der Waals surface area contributed by atoms with E-state index < -0.39 is 0 Å². The summed E-state index contributed by atoms with van der Waals surface area (Å²) in [6, 6.07) is 17.6. The van der Waals surface area contributed by atoms with Crippen molar-refractivity contribution in [3.8, 4) is 27.6 Å². The Morgan fingerprint density at radius 1 is 0.964 bits per heavy atom. The van der Waals surface area contributed by atoms with Gasteiger partial charge in [-0.3, -0.25) is 4.79 Å². The van der Waals surface area contributed by atoms with Crippen LogP contribution in [0.4, 0.5) is 5.13 Å². The van der Waals surface area contributed by atoms with Gasteiger partial charge in [-0.15, -0.1) is 22.7 Å². The third-order valence-corrected chi connectivity index (χ3v) is 5.75. The molecule has 2 aromatic heterocycles. The first kappa shape index (κ1) is 18.3. The van der Waals surface area contributed by atoms with Gasteiger partial charge in [-0.25, -0.2) is 9.97 Å². The molecule has 1 amide bonds. The van der Waals surface area contributed by atoms with Crippen LogP contribution in [0, 0.1) is 0 Å². The number of anilines is 1. The van der Waals surface area contributed by atoms with Gasteiger partial charge in [-0.05, 0) is 24.3 Å². The molecule has 4 rings (SSSR count). The number of thiazole rings is 2. The summed E-state index contributed by atoms with van der Waals surface area (Å²) in [6.45, 7) is 0. The van der Waals surface area contributed by atoms with Crippen molar-refractivity contribution < 1.29 is 9.53 Å². The normalized spacial score (nSPS) is 10.6. The molecule has 2 aromatic carbocycles. The Morgan fingerprint density at radius 3 is 2.50 bits per heavy atom. The van der Waals surface area contributed by atoms with Gasteiger partial charge in [0.25, 0.3) is 0 Å². The molecule has 2 heterocycles. The molecular formula is C21H17N3O2S2. The smallest absolute Gasteiger partial charge is 0.232 e. The Balaban J connectivity index is 1.39. The molecule has 0 aliphatic rings. The summed E-state index contributed by atoms with van der Waals surface area (Å²) in [5, 5.41) is 8.20. The maximum Gasteiger partial charge on any atom is 0.232 e. The van der Waals surface area contributed by atoms with E-state index in [9.17, 15) is 4.79 Å². The zero-order valence-corrected chi connectivity index (χ0v) is 16.7. The second-order valence-electron chi connectivity index (χ2n) is 6.00.